The predicted molar refractivity (Wildman–Crippen MR) is 54.8 cm³/mol. The Kier molecular flexibility index (Phi) is 2.45. The summed E-state index contributed by atoms with van der Waals surface area (Å²) in [5.41, 5.74) is 7.53. The molecule has 1 aromatic carbocycles. The summed E-state index contributed by atoms with van der Waals surface area (Å²) in [6.07, 6.45) is 0. The van der Waals surface area contributed by atoms with Crippen molar-refractivity contribution in [1.82, 2.24) is 0 Å². The van der Waals surface area contributed by atoms with Crippen molar-refractivity contribution in [2.75, 3.05) is 25.2 Å². The van der Waals surface area contributed by atoms with Gasteiger partial charge >= 0.3 is 0 Å². The van der Waals surface area contributed by atoms with Gasteiger partial charge in [0.2, 0.25) is 0 Å². The Labute approximate surface area is 83.0 Å². The minimum absolute atomic E-state index is 0.417. The van der Waals surface area contributed by atoms with Gasteiger partial charge in [0.05, 0.1) is 6.67 Å². The van der Waals surface area contributed by atoms with Crippen LogP contribution in [0.5, 0.6) is 11.5 Å². The summed E-state index contributed by atoms with van der Waals surface area (Å²) < 4.78 is 10.9. The van der Waals surface area contributed by atoms with Crippen LogP contribution in [0.4, 0.5) is 5.69 Å². The fourth-order valence-electron chi connectivity index (χ4n) is 1.49. The van der Waals surface area contributed by atoms with Gasteiger partial charge in [-0.15, -0.1) is 0 Å². The standard InChI is InChI=1S/C10H14N2O2/c1-7-4-9-10(14-3-2-13-9)5-8(7)12-6-11/h4-5,12H,2-3,6,11H2,1H3. The van der Waals surface area contributed by atoms with E-state index in [0.717, 1.165) is 22.7 Å². The lowest BCUT2D eigenvalue weighted by Crippen LogP contribution is -2.17. The molecule has 14 heavy (non-hydrogen) atoms. The summed E-state index contributed by atoms with van der Waals surface area (Å²) >= 11 is 0. The second kappa shape index (κ2) is 3.75. The fourth-order valence-corrected chi connectivity index (χ4v) is 1.49. The highest BCUT2D eigenvalue weighted by atomic mass is 16.6. The Bertz CT molecular complexity index is 339. The topological polar surface area (TPSA) is 56.5 Å². The van der Waals surface area contributed by atoms with Gasteiger partial charge < -0.3 is 20.5 Å². The van der Waals surface area contributed by atoms with E-state index in [0.29, 0.717) is 19.9 Å². The van der Waals surface area contributed by atoms with Crippen molar-refractivity contribution in [3.05, 3.63) is 17.7 Å². The molecule has 1 aliphatic heterocycles. The molecule has 0 aromatic heterocycles. The lowest BCUT2D eigenvalue weighted by molar-refractivity contribution is 0.171. The maximum Gasteiger partial charge on any atom is 0.163 e. The number of benzene rings is 1. The first-order valence-corrected chi connectivity index (χ1v) is 4.65. The number of fused-ring (bicyclic) bond motifs is 1. The molecule has 1 heterocycles. The Morgan fingerprint density at radius 1 is 1.29 bits per heavy atom. The third kappa shape index (κ3) is 1.61. The highest BCUT2D eigenvalue weighted by Gasteiger charge is 2.13. The molecule has 0 saturated carbocycles. The van der Waals surface area contributed by atoms with Crippen LogP contribution in [0.2, 0.25) is 0 Å². The van der Waals surface area contributed by atoms with Gasteiger partial charge in [-0.05, 0) is 18.6 Å². The number of ether oxygens (including phenoxy) is 2. The molecule has 0 unspecified atom stereocenters. The minimum atomic E-state index is 0.417. The van der Waals surface area contributed by atoms with Crippen LogP contribution in [0.25, 0.3) is 0 Å². The zero-order valence-corrected chi connectivity index (χ0v) is 8.17. The molecule has 0 spiro atoms. The molecular weight excluding hydrogens is 180 g/mol. The van der Waals surface area contributed by atoms with E-state index in [1.807, 2.05) is 19.1 Å². The smallest absolute Gasteiger partial charge is 0.163 e. The second-order valence-electron chi connectivity index (χ2n) is 3.19. The molecular formula is C10H14N2O2. The zero-order chi connectivity index (χ0) is 9.97. The van der Waals surface area contributed by atoms with E-state index >= 15 is 0 Å². The number of nitrogens with two attached hydrogens (primary N) is 1. The van der Waals surface area contributed by atoms with Gasteiger partial charge in [-0.3, -0.25) is 0 Å². The van der Waals surface area contributed by atoms with E-state index in [-0.39, 0.29) is 0 Å². The largest absolute Gasteiger partial charge is 0.486 e. The summed E-state index contributed by atoms with van der Waals surface area (Å²) in [6.45, 7) is 3.66. The molecule has 0 amide bonds. The van der Waals surface area contributed by atoms with Crippen molar-refractivity contribution in [3.8, 4) is 11.5 Å². The van der Waals surface area contributed by atoms with Crippen molar-refractivity contribution in [3.63, 3.8) is 0 Å². The van der Waals surface area contributed by atoms with Crippen LogP contribution < -0.4 is 20.5 Å². The van der Waals surface area contributed by atoms with E-state index in [4.69, 9.17) is 15.2 Å². The van der Waals surface area contributed by atoms with E-state index in [9.17, 15) is 0 Å². The first-order chi connectivity index (χ1) is 6.81. The average molecular weight is 194 g/mol. The van der Waals surface area contributed by atoms with Crippen LogP contribution in [-0.4, -0.2) is 19.9 Å². The lowest BCUT2D eigenvalue weighted by atomic mass is 10.1. The zero-order valence-electron chi connectivity index (χ0n) is 8.17. The van der Waals surface area contributed by atoms with E-state index in [1.54, 1.807) is 0 Å². The number of anilines is 1. The normalized spacial score (nSPS) is 13.9. The molecule has 0 bridgehead atoms. The van der Waals surface area contributed by atoms with Gasteiger partial charge in [-0.1, -0.05) is 0 Å². The third-order valence-corrected chi connectivity index (χ3v) is 2.18. The number of nitrogens with one attached hydrogen (secondary N) is 1. The van der Waals surface area contributed by atoms with E-state index in [2.05, 4.69) is 5.32 Å². The van der Waals surface area contributed by atoms with Crippen molar-refractivity contribution in [1.29, 1.82) is 0 Å². The second-order valence-corrected chi connectivity index (χ2v) is 3.19. The summed E-state index contributed by atoms with van der Waals surface area (Å²) in [6, 6.07) is 3.89. The molecule has 0 aliphatic carbocycles. The molecule has 3 N–H and O–H groups in total. The van der Waals surface area contributed by atoms with Crippen molar-refractivity contribution < 1.29 is 9.47 Å². The van der Waals surface area contributed by atoms with Gasteiger partial charge in [-0.25, -0.2) is 0 Å². The number of rotatable bonds is 2. The van der Waals surface area contributed by atoms with Crippen molar-refractivity contribution in [2.24, 2.45) is 5.73 Å². The maximum atomic E-state index is 5.46. The van der Waals surface area contributed by atoms with Crippen LogP contribution in [0.15, 0.2) is 12.1 Å². The first-order valence-electron chi connectivity index (χ1n) is 4.65. The summed E-state index contributed by atoms with van der Waals surface area (Å²) in [4.78, 5) is 0. The minimum Gasteiger partial charge on any atom is -0.486 e. The molecule has 0 atom stereocenters. The van der Waals surface area contributed by atoms with Gasteiger partial charge in [-0.2, -0.15) is 0 Å². The number of hydrogen-bond donors (Lipinski definition) is 2. The SMILES string of the molecule is Cc1cc2c(cc1NCN)OCCO2. The maximum absolute atomic E-state index is 5.46. The predicted octanol–water partition coefficient (Wildman–Crippen LogP) is 1.09. The van der Waals surface area contributed by atoms with Crippen LogP contribution in [0, 0.1) is 6.92 Å². The Morgan fingerprint density at radius 2 is 1.93 bits per heavy atom. The van der Waals surface area contributed by atoms with E-state index < -0.39 is 0 Å². The molecule has 1 aliphatic rings. The number of hydrogen-bond acceptors (Lipinski definition) is 4. The van der Waals surface area contributed by atoms with Crippen LogP contribution in [0.1, 0.15) is 5.56 Å². The number of aryl methyl sites for hydroxylation is 1. The van der Waals surface area contributed by atoms with Gasteiger partial charge in [0, 0.05) is 11.8 Å². The quantitative estimate of drug-likeness (QED) is 0.692. The lowest BCUT2D eigenvalue weighted by Gasteiger charge is -2.20. The molecule has 4 nitrogen and oxygen atoms in total. The third-order valence-electron chi connectivity index (χ3n) is 2.18. The summed E-state index contributed by atoms with van der Waals surface area (Å²) in [5, 5.41) is 3.07. The van der Waals surface area contributed by atoms with Crippen molar-refractivity contribution >= 4 is 5.69 Å². The van der Waals surface area contributed by atoms with E-state index in [1.165, 1.54) is 0 Å². The van der Waals surface area contributed by atoms with Crippen molar-refractivity contribution in [2.45, 2.75) is 6.92 Å². The highest BCUT2D eigenvalue weighted by Crippen LogP contribution is 2.34. The monoisotopic (exact) mass is 194 g/mol. The molecule has 0 fully saturated rings. The van der Waals surface area contributed by atoms with Gasteiger partial charge in [0.1, 0.15) is 13.2 Å². The first kappa shape index (κ1) is 9.15. The highest BCUT2D eigenvalue weighted by molar-refractivity contribution is 5.60. The summed E-state index contributed by atoms with van der Waals surface area (Å²) in [7, 11) is 0. The molecule has 2 rings (SSSR count). The Hall–Kier alpha value is -1.42. The average Bonchev–Trinajstić information content (AvgIpc) is 2.19. The van der Waals surface area contributed by atoms with Crippen LogP contribution in [-0.2, 0) is 0 Å². The molecule has 0 radical (unpaired) electrons. The fraction of sp³-hybridized carbons (Fsp3) is 0.400. The Balaban J connectivity index is 2.35. The van der Waals surface area contributed by atoms with Gasteiger partial charge in [0.15, 0.2) is 11.5 Å². The molecule has 76 valence electrons. The van der Waals surface area contributed by atoms with Crippen LogP contribution >= 0.6 is 0 Å². The molecule has 1 aromatic rings. The molecule has 0 saturated heterocycles. The molecule has 4 heteroatoms. The Morgan fingerprint density at radius 3 is 2.57 bits per heavy atom. The van der Waals surface area contributed by atoms with Crippen LogP contribution in [0.3, 0.4) is 0 Å². The summed E-state index contributed by atoms with van der Waals surface area (Å²) in [5.74, 6) is 1.61. The van der Waals surface area contributed by atoms with Gasteiger partial charge in [0.25, 0.3) is 0 Å².